The maximum absolute atomic E-state index is 5.82. The number of nitrogens with one attached hydrogen (secondary N) is 3. The molecule has 0 saturated carbocycles. The van der Waals surface area contributed by atoms with Gasteiger partial charge in [0, 0.05) is 31.0 Å². The lowest BCUT2D eigenvalue weighted by atomic mass is 9.75. The first-order valence-electron chi connectivity index (χ1n) is 14.0. The second-order valence-corrected chi connectivity index (χ2v) is 10.8. The Kier molecular flexibility index (Phi) is 5.44. The number of nitrogens with zero attached hydrogens (tertiary/aromatic N) is 8. The zero-order valence-electron chi connectivity index (χ0n) is 22.1. The van der Waals surface area contributed by atoms with E-state index < -0.39 is 5.66 Å². The van der Waals surface area contributed by atoms with Crippen molar-refractivity contribution in [3.05, 3.63) is 90.3 Å². The second kappa shape index (κ2) is 9.30. The quantitative estimate of drug-likeness (QED) is 0.350. The molecule has 11 nitrogen and oxygen atoms in total. The molecule has 2 atom stereocenters. The number of pyridine rings is 1. The number of hydrogen-bond donors (Lipinski definition) is 3. The standard InChI is InChI=1S/C29H31N11/c1-2-9-32-23(5-1)29(24-18-20-7-15-38(24)16-8-20)36-26(21-6-11-35-37-21)25(28-33-12-13-34-28)27(22-4-3-10-31-22)40(29)39-17-14-30-19-39/h1-6,9-13,19-20,24,31H,7-8,14-18H2,(H,33,34)(H,35,37). The highest BCUT2D eigenvalue weighted by Crippen LogP contribution is 2.52. The highest BCUT2D eigenvalue weighted by Gasteiger charge is 2.58. The molecular formula is C29H31N11. The van der Waals surface area contributed by atoms with E-state index in [1.54, 1.807) is 12.4 Å². The fraction of sp³-hybridized carbons (Fsp3) is 0.345. The van der Waals surface area contributed by atoms with Crippen LogP contribution in [0.2, 0.25) is 0 Å². The third kappa shape index (κ3) is 3.50. The molecule has 2 unspecified atom stereocenters. The van der Waals surface area contributed by atoms with E-state index >= 15 is 0 Å². The summed E-state index contributed by atoms with van der Waals surface area (Å²) in [5.41, 5.74) is 4.51. The highest BCUT2D eigenvalue weighted by molar-refractivity contribution is 6.36. The molecule has 0 amide bonds. The van der Waals surface area contributed by atoms with Gasteiger partial charge in [0.2, 0.25) is 5.66 Å². The van der Waals surface area contributed by atoms with Crippen LogP contribution in [-0.4, -0.2) is 89.3 Å². The number of hydrogen-bond acceptors (Lipinski definition) is 8. The zero-order chi connectivity index (χ0) is 26.5. The van der Waals surface area contributed by atoms with Gasteiger partial charge in [-0.25, -0.2) is 15.0 Å². The van der Waals surface area contributed by atoms with Crippen LogP contribution in [0.4, 0.5) is 0 Å². The van der Waals surface area contributed by atoms with Crippen LogP contribution < -0.4 is 0 Å². The maximum atomic E-state index is 5.82. The first kappa shape index (κ1) is 23.4. The van der Waals surface area contributed by atoms with E-state index in [1.165, 1.54) is 12.8 Å². The number of aromatic amines is 3. The molecule has 3 fully saturated rings. The van der Waals surface area contributed by atoms with Crippen molar-refractivity contribution < 1.29 is 0 Å². The molecule has 0 aromatic carbocycles. The van der Waals surface area contributed by atoms with Gasteiger partial charge in [-0.2, -0.15) is 5.10 Å². The van der Waals surface area contributed by atoms with Gasteiger partial charge in [0.1, 0.15) is 12.2 Å². The van der Waals surface area contributed by atoms with Gasteiger partial charge in [0.05, 0.1) is 53.2 Å². The largest absolute Gasteiger partial charge is 0.360 e. The number of aliphatic imine (C=N–C) groups is 2. The Hall–Kier alpha value is -4.51. The fourth-order valence-corrected chi connectivity index (χ4v) is 6.96. The van der Waals surface area contributed by atoms with E-state index in [4.69, 9.17) is 15.0 Å². The molecule has 11 heteroatoms. The van der Waals surface area contributed by atoms with Crippen molar-refractivity contribution in [1.29, 1.82) is 0 Å². The Morgan fingerprint density at radius 1 is 0.875 bits per heavy atom. The van der Waals surface area contributed by atoms with Gasteiger partial charge in [-0.1, -0.05) is 6.07 Å². The summed E-state index contributed by atoms with van der Waals surface area (Å²) in [6.07, 6.45) is 14.7. The van der Waals surface area contributed by atoms with Gasteiger partial charge >= 0.3 is 0 Å². The predicted octanol–water partition coefficient (Wildman–Crippen LogP) is 3.13. The Bertz CT molecular complexity index is 1550. The van der Waals surface area contributed by atoms with Crippen LogP contribution in [0.25, 0.3) is 11.3 Å². The SMILES string of the molecule is C1=NCCN1N1C(c2ccc[nH]2)=C(c2ncc[nH]2)C(c2ccn[nH]2)=NC1(c1ccccn1)C1CC2CCN1CC2. The molecule has 3 saturated heterocycles. The van der Waals surface area contributed by atoms with Crippen LogP contribution in [0.5, 0.6) is 0 Å². The lowest BCUT2D eigenvalue weighted by Crippen LogP contribution is -2.67. The van der Waals surface area contributed by atoms with Crippen molar-refractivity contribution >= 4 is 23.3 Å². The van der Waals surface area contributed by atoms with Crippen molar-refractivity contribution in [2.24, 2.45) is 15.9 Å². The van der Waals surface area contributed by atoms with E-state index in [0.717, 1.165) is 72.5 Å². The number of aromatic nitrogens is 6. The molecule has 202 valence electrons. The smallest absolute Gasteiger partial charge is 0.208 e. The van der Waals surface area contributed by atoms with E-state index in [1.807, 2.05) is 43.1 Å². The topological polar surface area (TPSA) is 120 Å². The number of H-pyrrole nitrogens is 3. The minimum absolute atomic E-state index is 0.102. The van der Waals surface area contributed by atoms with E-state index in [9.17, 15) is 0 Å². The lowest BCUT2D eigenvalue weighted by molar-refractivity contribution is -0.0935. The summed E-state index contributed by atoms with van der Waals surface area (Å²) < 4.78 is 0. The van der Waals surface area contributed by atoms with Crippen LogP contribution >= 0.6 is 0 Å². The summed E-state index contributed by atoms with van der Waals surface area (Å²) in [7, 11) is 0. The minimum Gasteiger partial charge on any atom is -0.360 e. The molecule has 4 aromatic heterocycles. The predicted molar refractivity (Wildman–Crippen MR) is 152 cm³/mol. The average Bonchev–Trinajstić information content (AvgIpc) is 3.85. The molecular weight excluding hydrogens is 502 g/mol. The summed E-state index contributed by atoms with van der Waals surface area (Å²) in [4.78, 5) is 29.8. The molecule has 0 radical (unpaired) electrons. The average molecular weight is 534 g/mol. The van der Waals surface area contributed by atoms with Crippen molar-refractivity contribution in [3.8, 4) is 0 Å². The van der Waals surface area contributed by atoms with E-state index in [2.05, 4.69) is 58.3 Å². The Morgan fingerprint density at radius 3 is 2.48 bits per heavy atom. The molecule has 5 aliphatic rings. The van der Waals surface area contributed by atoms with Crippen molar-refractivity contribution in [2.45, 2.75) is 31.0 Å². The molecule has 40 heavy (non-hydrogen) atoms. The van der Waals surface area contributed by atoms with Crippen molar-refractivity contribution in [3.63, 3.8) is 0 Å². The Balaban J connectivity index is 1.49. The number of rotatable bonds is 6. The summed E-state index contributed by atoms with van der Waals surface area (Å²) in [6, 6.07) is 12.4. The van der Waals surface area contributed by atoms with E-state index in [-0.39, 0.29) is 6.04 Å². The van der Waals surface area contributed by atoms with E-state index in [0.29, 0.717) is 5.92 Å². The normalized spacial score (nSPS) is 28.0. The molecule has 0 aliphatic carbocycles. The second-order valence-electron chi connectivity index (χ2n) is 10.8. The lowest BCUT2D eigenvalue weighted by Gasteiger charge is -2.58. The molecule has 9 rings (SSSR count). The molecule has 4 aromatic rings. The van der Waals surface area contributed by atoms with Crippen molar-refractivity contribution in [2.75, 3.05) is 26.2 Å². The maximum Gasteiger partial charge on any atom is 0.208 e. The van der Waals surface area contributed by atoms with Crippen LogP contribution in [0.1, 0.15) is 42.2 Å². The molecule has 3 N–H and O–H groups in total. The summed E-state index contributed by atoms with van der Waals surface area (Å²) in [5.74, 6) is 1.40. The number of imidazole rings is 1. The van der Waals surface area contributed by atoms with Gasteiger partial charge in [-0.15, -0.1) is 0 Å². The van der Waals surface area contributed by atoms with Gasteiger partial charge < -0.3 is 9.97 Å². The van der Waals surface area contributed by atoms with Gasteiger partial charge in [0.25, 0.3) is 0 Å². The molecule has 2 bridgehead atoms. The van der Waals surface area contributed by atoms with Gasteiger partial charge in [-0.05, 0) is 68.6 Å². The summed E-state index contributed by atoms with van der Waals surface area (Å²) in [6.45, 7) is 3.59. The molecule has 0 spiro atoms. The van der Waals surface area contributed by atoms with Crippen molar-refractivity contribution in [1.82, 2.24) is 45.1 Å². The van der Waals surface area contributed by atoms with Crippen LogP contribution in [0, 0.1) is 5.92 Å². The van der Waals surface area contributed by atoms with Gasteiger partial charge in [0.15, 0.2) is 0 Å². The molecule has 5 aliphatic heterocycles. The van der Waals surface area contributed by atoms with Crippen LogP contribution in [-0.2, 0) is 5.66 Å². The molecule has 9 heterocycles. The van der Waals surface area contributed by atoms with Gasteiger partial charge in [-0.3, -0.25) is 25.0 Å². The van der Waals surface area contributed by atoms with Crippen LogP contribution in [0.15, 0.2) is 77.4 Å². The monoisotopic (exact) mass is 533 g/mol. The third-order valence-corrected chi connectivity index (χ3v) is 8.72. The zero-order valence-corrected chi connectivity index (χ0v) is 22.1. The highest BCUT2D eigenvalue weighted by atomic mass is 15.7. The number of hydrazine groups is 1. The number of fused-ring (bicyclic) bond motifs is 3. The third-order valence-electron chi connectivity index (χ3n) is 8.72. The first-order chi connectivity index (χ1) is 19.8. The minimum atomic E-state index is -0.867. The fourth-order valence-electron chi connectivity index (χ4n) is 6.96. The first-order valence-corrected chi connectivity index (χ1v) is 14.0. The van der Waals surface area contributed by atoms with Crippen LogP contribution in [0.3, 0.4) is 0 Å². The summed E-state index contributed by atoms with van der Waals surface area (Å²) >= 11 is 0. The summed E-state index contributed by atoms with van der Waals surface area (Å²) in [5, 5.41) is 12.1. The Morgan fingerprint density at radius 2 is 1.82 bits per heavy atom. The number of allylic oxidation sites excluding steroid dienone is 1. The Labute approximate surface area is 231 Å². The number of piperidine rings is 3.